The highest BCUT2D eigenvalue weighted by Gasteiger charge is 2.15. The number of carboxylic acid groups (broad SMARTS) is 1. The lowest BCUT2D eigenvalue weighted by atomic mass is 10.1. The van der Waals surface area contributed by atoms with Crippen LogP contribution in [0.2, 0.25) is 0 Å². The van der Waals surface area contributed by atoms with Crippen molar-refractivity contribution in [2.75, 3.05) is 5.32 Å². The first-order chi connectivity index (χ1) is 12.5. The molecule has 0 bridgehead atoms. The molecule has 0 saturated heterocycles. The summed E-state index contributed by atoms with van der Waals surface area (Å²) in [6, 6.07) is 7.96. The summed E-state index contributed by atoms with van der Waals surface area (Å²) in [6.45, 7) is 4.77. The van der Waals surface area contributed by atoms with Gasteiger partial charge in [0.1, 0.15) is 0 Å². The fourth-order valence-electron chi connectivity index (χ4n) is 2.98. The van der Waals surface area contributed by atoms with Gasteiger partial charge in [-0.1, -0.05) is 25.1 Å². The highest BCUT2D eigenvalue weighted by atomic mass is 16.4. The molecular weight excluding hydrogens is 332 g/mol. The molecule has 0 aliphatic rings. The van der Waals surface area contributed by atoms with E-state index in [1.807, 2.05) is 31.2 Å². The number of fused-ring (bicyclic) bond motifs is 2. The minimum atomic E-state index is -1.15. The van der Waals surface area contributed by atoms with E-state index in [0.29, 0.717) is 12.4 Å². The zero-order valence-electron chi connectivity index (χ0n) is 14.9. The number of carbonyl (C=O) groups excluding carboxylic acids is 2. The number of aliphatic carboxylic acids is 1. The number of nitrogens with zero attached hydrogens (tertiary/aromatic N) is 3. The Bertz CT molecular complexity index is 978. The number of hydrogen-bond donors (Lipinski definition) is 1. The third-order valence-corrected chi connectivity index (χ3v) is 4.23. The second-order valence-corrected chi connectivity index (χ2v) is 6.35. The second kappa shape index (κ2) is 7.51. The van der Waals surface area contributed by atoms with E-state index >= 15 is 0 Å². The molecule has 7 heteroatoms. The number of carboxylic acids is 1. The van der Waals surface area contributed by atoms with Gasteiger partial charge in [0.15, 0.2) is 11.5 Å². The largest absolute Gasteiger partial charge is 0.550 e. The lowest BCUT2D eigenvalue weighted by Gasteiger charge is -2.04. The molecule has 0 radical (unpaired) electrons. The number of hydrogen-bond acceptors (Lipinski definition) is 5. The highest BCUT2D eigenvalue weighted by molar-refractivity contribution is 6.03. The number of carbonyl (C=O) groups is 2. The topological polar surface area (TPSA) is 99.9 Å². The van der Waals surface area contributed by atoms with Gasteiger partial charge in [-0.3, -0.25) is 4.79 Å². The molecule has 1 amide bonds. The number of para-hydroxylation sites is 1. The number of pyridine rings is 1. The molecule has 7 nitrogen and oxygen atoms in total. The maximum absolute atomic E-state index is 12.1. The van der Waals surface area contributed by atoms with Gasteiger partial charge >= 0.3 is 0 Å². The summed E-state index contributed by atoms with van der Waals surface area (Å²) in [5.74, 6) is -0.956. The first-order valence-corrected chi connectivity index (χ1v) is 8.76. The molecular formula is C19H21N4O3-. The Labute approximate surface area is 151 Å². The number of aromatic nitrogens is 3. The Morgan fingerprint density at radius 1 is 1.27 bits per heavy atom. The zero-order valence-corrected chi connectivity index (χ0v) is 14.9. The summed E-state index contributed by atoms with van der Waals surface area (Å²) >= 11 is 0. The predicted molar refractivity (Wildman–Crippen MR) is 97.5 cm³/mol. The minimum absolute atomic E-state index is 0.107. The number of nitrogens with one attached hydrogen (secondary N) is 1. The van der Waals surface area contributed by atoms with E-state index in [0.717, 1.165) is 33.9 Å². The second-order valence-electron chi connectivity index (χ2n) is 6.35. The molecule has 136 valence electrons. The predicted octanol–water partition coefficient (Wildman–Crippen LogP) is 2.16. The fourth-order valence-corrected chi connectivity index (χ4v) is 2.98. The van der Waals surface area contributed by atoms with Crippen molar-refractivity contribution in [3.8, 4) is 0 Å². The molecule has 0 saturated carbocycles. The van der Waals surface area contributed by atoms with E-state index in [-0.39, 0.29) is 25.2 Å². The molecule has 26 heavy (non-hydrogen) atoms. The molecule has 3 aromatic rings. The molecule has 3 rings (SSSR count). The molecule has 1 aromatic carbocycles. The van der Waals surface area contributed by atoms with Crippen molar-refractivity contribution in [1.29, 1.82) is 0 Å². The van der Waals surface area contributed by atoms with Gasteiger partial charge in [-0.25, -0.2) is 9.67 Å². The van der Waals surface area contributed by atoms with Crippen LogP contribution in [0.3, 0.4) is 0 Å². The fraction of sp³-hybridized carbons (Fsp3) is 0.368. The van der Waals surface area contributed by atoms with Gasteiger partial charge in [-0.05, 0) is 37.8 Å². The van der Waals surface area contributed by atoms with Gasteiger partial charge in [0, 0.05) is 24.3 Å². The first-order valence-electron chi connectivity index (χ1n) is 8.76. The number of amides is 1. The van der Waals surface area contributed by atoms with Crippen LogP contribution in [-0.4, -0.2) is 26.6 Å². The maximum atomic E-state index is 12.1. The lowest BCUT2D eigenvalue weighted by molar-refractivity contribution is -0.305. The van der Waals surface area contributed by atoms with E-state index in [1.165, 1.54) is 0 Å². The average molecular weight is 353 g/mol. The van der Waals surface area contributed by atoms with Crippen LogP contribution in [0.15, 0.2) is 24.3 Å². The van der Waals surface area contributed by atoms with Gasteiger partial charge < -0.3 is 15.2 Å². The molecule has 0 atom stereocenters. The summed E-state index contributed by atoms with van der Waals surface area (Å²) in [4.78, 5) is 27.4. The van der Waals surface area contributed by atoms with Gasteiger partial charge in [-0.15, -0.1) is 0 Å². The lowest BCUT2D eigenvalue weighted by Crippen LogP contribution is -2.22. The van der Waals surface area contributed by atoms with Crippen LogP contribution in [0.5, 0.6) is 0 Å². The van der Waals surface area contributed by atoms with Crippen molar-refractivity contribution in [3.05, 3.63) is 29.8 Å². The van der Waals surface area contributed by atoms with Crippen LogP contribution >= 0.6 is 0 Å². The van der Waals surface area contributed by atoms with E-state index in [1.54, 1.807) is 4.68 Å². The Morgan fingerprint density at radius 3 is 2.81 bits per heavy atom. The summed E-state index contributed by atoms with van der Waals surface area (Å²) in [6.07, 6.45) is 1.10. The summed E-state index contributed by atoms with van der Waals surface area (Å²) in [5.41, 5.74) is 2.74. The molecule has 2 heterocycles. The van der Waals surface area contributed by atoms with Crippen LogP contribution in [0.4, 0.5) is 5.82 Å². The number of rotatable bonds is 7. The number of benzene rings is 1. The van der Waals surface area contributed by atoms with Crippen molar-refractivity contribution < 1.29 is 14.7 Å². The number of aryl methyl sites for hydroxylation is 2. The highest BCUT2D eigenvalue weighted by Crippen LogP contribution is 2.27. The molecule has 0 aliphatic heterocycles. The van der Waals surface area contributed by atoms with Crippen LogP contribution in [0.25, 0.3) is 21.9 Å². The molecule has 0 aliphatic carbocycles. The molecule has 1 N–H and O–H groups in total. The SMILES string of the molecule is CCCn1nc(NC(=O)CCCC(=O)[O-])c2cc3cccc(C)c3nc21. The summed E-state index contributed by atoms with van der Waals surface area (Å²) in [7, 11) is 0. The van der Waals surface area contributed by atoms with Gasteiger partial charge in [-0.2, -0.15) is 5.10 Å². The normalized spacial score (nSPS) is 11.2. The third-order valence-electron chi connectivity index (χ3n) is 4.23. The van der Waals surface area contributed by atoms with Crippen molar-refractivity contribution in [1.82, 2.24) is 14.8 Å². The van der Waals surface area contributed by atoms with Crippen LogP contribution in [-0.2, 0) is 16.1 Å². The van der Waals surface area contributed by atoms with Crippen molar-refractivity contribution in [2.45, 2.75) is 46.1 Å². The van der Waals surface area contributed by atoms with Crippen molar-refractivity contribution >= 4 is 39.6 Å². The van der Waals surface area contributed by atoms with Gasteiger partial charge in [0.05, 0.1) is 10.9 Å². The van der Waals surface area contributed by atoms with E-state index in [2.05, 4.69) is 17.3 Å². The first kappa shape index (κ1) is 17.8. The summed E-state index contributed by atoms with van der Waals surface area (Å²) < 4.78 is 1.80. The molecule has 0 fully saturated rings. The van der Waals surface area contributed by atoms with Crippen LogP contribution in [0, 0.1) is 6.92 Å². The standard InChI is InChI=1S/C19H22N4O3/c1-3-10-23-19-14(11-13-7-4-6-12(2)17(13)21-19)18(22-23)20-15(24)8-5-9-16(25)26/h4,6-7,11H,3,5,8-10H2,1-2H3,(H,25,26)(H,20,22,24)/p-1. The molecule has 0 unspecified atom stereocenters. The zero-order chi connectivity index (χ0) is 18.7. The Kier molecular flexibility index (Phi) is 5.16. The van der Waals surface area contributed by atoms with E-state index in [9.17, 15) is 14.7 Å². The Morgan fingerprint density at radius 2 is 2.08 bits per heavy atom. The van der Waals surface area contributed by atoms with Crippen molar-refractivity contribution in [2.24, 2.45) is 0 Å². The van der Waals surface area contributed by atoms with Crippen molar-refractivity contribution in [3.63, 3.8) is 0 Å². The van der Waals surface area contributed by atoms with Gasteiger partial charge in [0.25, 0.3) is 0 Å². The van der Waals surface area contributed by atoms with Gasteiger partial charge in [0.2, 0.25) is 5.91 Å². The smallest absolute Gasteiger partial charge is 0.225 e. The summed E-state index contributed by atoms with van der Waals surface area (Å²) in [5, 5.41) is 19.5. The minimum Gasteiger partial charge on any atom is -0.550 e. The monoisotopic (exact) mass is 353 g/mol. The molecule has 2 aromatic heterocycles. The van der Waals surface area contributed by atoms with E-state index in [4.69, 9.17) is 4.98 Å². The Hall–Kier alpha value is -2.96. The quantitative estimate of drug-likeness (QED) is 0.701. The van der Waals surface area contributed by atoms with E-state index < -0.39 is 5.97 Å². The van der Waals surface area contributed by atoms with Crippen LogP contribution in [0.1, 0.15) is 38.2 Å². The third kappa shape index (κ3) is 3.66. The maximum Gasteiger partial charge on any atom is 0.225 e. The Balaban J connectivity index is 1.96. The molecule has 0 spiro atoms. The number of anilines is 1. The van der Waals surface area contributed by atoms with Crippen LogP contribution < -0.4 is 10.4 Å². The average Bonchev–Trinajstić information content (AvgIpc) is 2.91.